The Morgan fingerprint density at radius 1 is 1.43 bits per heavy atom. The topological polar surface area (TPSA) is 85.9 Å². The first-order valence-corrected chi connectivity index (χ1v) is 10.4. The van der Waals surface area contributed by atoms with E-state index in [0.717, 1.165) is 12.8 Å². The first-order valence-electron chi connectivity index (χ1n) is 9.44. The van der Waals surface area contributed by atoms with Crippen molar-refractivity contribution >= 4 is 28.7 Å². The lowest BCUT2D eigenvalue weighted by Gasteiger charge is -2.46. The van der Waals surface area contributed by atoms with Gasteiger partial charge >= 0.3 is 6.09 Å². The highest BCUT2D eigenvalue weighted by Gasteiger charge is 2.49. The van der Waals surface area contributed by atoms with Crippen molar-refractivity contribution in [2.45, 2.75) is 57.3 Å². The molecule has 1 saturated carbocycles. The molecular formula is C20H28FN3O3S. The number of benzene rings is 1. The number of nitrogen functional groups attached to an aromatic ring is 1. The van der Waals surface area contributed by atoms with E-state index in [4.69, 9.17) is 20.2 Å². The van der Waals surface area contributed by atoms with Gasteiger partial charge in [-0.3, -0.25) is 10.3 Å². The molecule has 0 saturated heterocycles. The van der Waals surface area contributed by atoms with E-state index in [1.807, 2.05) is 0 Å². The highest BCUT2D eigenvalue weighted by molar-refractivity contribution is 8.13. The van der Waals surface area contributed by atoms with E-state index >= 15 is 0 Å². The van der Waals surface area contributed by atoms with Crippen molar-refractivity contribution in [3.8, 4) is 0 Å². The number of fused-ring (bicyclic) bond motifs is 1. The number of thioether (sulfide) groups is 1. The summed E-state index contributed by atoms with van der Waals surface area (Å²) in [5.74, 6) is 0.446. The monoisotopic (exact) mass is 409 g/mol. The van der Waals surface area contributed by atoms with Crippen LogP contribution in [0.4, 0.5) is 14.9 Å². The molecule has 0 aromatic heterocycles. The molecular weight excluding hydrogens is 381 g/mol. The Labute approximate surface area is 169 Å². The number of nitrogens with one attached hydrogen (secondary N) is 1. The van der Waals surface area contributed by atoms with Crippen molar-refractivity contribution in [1.82, 2.24) is 5.32 Å². The standard InChI is InChI=1S/C20H28FN3O3S/c1-19(2,3)27-18(25)23-17-24-20(15-10-13(22)5-6-16(15)21)8-7-14(26-4)9-12(20)11-28-17/h5-6,10,12,14H,7-9,11,22H2,1-4H3,(H,23,24,25). The van der Waals surface area contributed by atoms with Crippen LogP contribution in [0.5, 0.6) is 0 Å². The van der Waals surface area contributed by atoms with E-state index in [-0.39, 0.29) is 17.8 Å². The number of hydrogen-bond donors (Lipinski definition) is 2. The third-order valence-corrected chi connectivity index (χ3v) is 6.23. The summed E-state index contributed by atoms with van der Waals surface area (Å²) in [5, 5.41) is 3.18. The number of ether oxygens (including phenoxy) is 2. The summed E-state index contributed by atoms with van der Waals surface area (Å²) in [7, 11) is 1.70. The molecule has 3 unspecified atom stereocenters. The SMILES string of the molecule is COC1CCC2(c3cc(N)ccc3F)N=C(NC(=O)OC(C)(C)C)SCC2C1. The lowest BCUT2D eigenvalue weighted by molar-refractivity contribution is 0.0227. The summed E-state index contributed by atoms with van der Waals surface area (Å²) in [5.41, 5.74) is 5.55. The molecule has 0 bridgehead atoms. The number of amides is 1. The Balaban J connectivity index is 1.97. The summed E-state index contributed by atoms with van der Waals surface area (Å²) in [4.78, 5) is 17.1. The summed E-state index contributed by atoms with van der Waals surface area (Å²) in [6.07, 6.45) is 1.72. The first-order chi connectivity index (χ1) is 13.1. The maximum Gasteiger partial charge on any atom is 0.413 e. The molecule has 1 aliphatic carbocycles. The van der Waals surface area contributed by atoms with Gasteiger partial charge in [-0.25, -0.2) is 9.18 Å². The molecule has 0 radical (unpaired) electrons. The number of rotatable bonds is 2. The molecule has 1 aromatic carbocycles. The zero-order chi connectivity index (χ0) is 20.5. The molecule has 0 spiro atoms. The highest BCUT2D eigenvalue weighted by atomic mass is 32.2. The van der Waals surface area contributed by atoms with Gasteiger partial charge in [0.1, 0.15) is 11.4 Å². The van der Waals surface area contributed by atoms with Crippen molar-refractivity contribution in [2.24, 2.45) is 10.9 Å². The van der Waals surface area contributed by atoms with Gasteiger partial charge in [0, 0.05) is 30.0 Å². The van der Waals surface area contributed by atoms with Crippen LogP contribution in [0.2, 0.25) is 0 Å². The van der Waals surface area contributed by atoms with Crippen LogP contribution >= 0.6 is 11.8 Å². The third-order valence-electron chi connectivity index (χ3n) is 5.19. The van der Waals surface area contributed by atoms with Crippen LogP contribution in [-0.2, 0) is 15.0 Å². The van der Waals surface area contributed by atoms with Crippen LogP contribution in [-0.4, -0.2) is 35.8 Å². The van der Waals surface area contributed by atoms with Crippen molar-refractivity contribution in [1.29, 1.82) is 0 Å². The summed E-state index contributed by atoms with van der Waals surface area (Å²) < 4.78 is 25.7. The number of amidine groups is 1. The maximum absolute atomic E-state index is 14.8. The van der Waals surface area contributed by atoms with Gasteiger partial charge in [-0.2, -0.15) is 0 Å². The molecule has 154 valence electrons. The number of aliphatic imine (C=N–C) groups is 1. The minimum absolute atomic E-state index is 0.0803. The number of nitrogens with two attached hydrogens (primary N) is 1. The van der Waals surface area contributed by atoms with Crippen molar-refractivity contribution in [3.63, 3.8) is 0 Å². The Bertz CT molecular complexity index is 780. The fourth-order valence-corrected chi connectivity index (χ4v) is 5.07. The Morgan fingerprint density at radius 2 is 2.18 bits per heavy atom. The molecule has 1 aromatic rings. The van der Waals surface area contributed by atoms with E-state index in [1.165, 1.54) is 17.8 Å². The molecule has 1 aliphatic heterocycles. The van der Waals surface area contributed by atoms with Gasteiger partial charge in [0.05, 0.1) is 11.6 Å². The lowest BCUT2D eigenvalue weighted by atomic mass is 9.68. The van der Waals surface area contributed by atoms with Crippen LogP contribution in [0, 0.1) is 11.7 Å². The Kier molecular flexibility index (Phi) is 5.91. The summed E-state index contributed by atoms with van der Waals surface area (Å²) in [6, 6.07) is 4.60. The average molecular weight is 410 g/mol. The number of nitrogens with zero attached hydrogens (tertiary/aromatic N) is 1. The number of methoxy groups -OCH3 is 1. The second-order valence-corrected chi connectivity index (χ2v) is 9.36. The second-order valence-electron chi connectivity index (χ2n) is 8.35. The molecule has 3 N–H and O–H groups in total. The van der Waals surface area contributed by atoms with Crippen molar-refractivity contribution in [3.05, 3.63) is 29.6 Å². The Morgan fingerprint density at radius 3 is 2.86 bits per heavy atom. The van der Waals surface area contributed by atoms with Gasteiger partial charge in [0.25, 0.3) is 0 Å². The van der Waals surface area contributed by atoms with E-state index in [0.29, 0.717) is 28.6 Å². The Hall–Kier alpha value is -1.80. The third kappa shape index (κ3) is 4.43. The van der Waals surface area contributed by atoms with Crippen LogP contribution in [0.15, 0.2) is 23.2 Å². The van der Waals surface area contributed by atoms with E-state index in [2.05, 4.69) is 5.32 Å². The molecule has 8 heteroatoms. The van der Waals surface area contributed by atoms with Gasteiger partial charge in [0.2, 0.25) is 0 Å². The second kappa shape index (κ2) is 7.91. The van der Waals surface area contributed by atoms with Gasteiger partial charge in [0.15, 0.2) is 5.17 Å². The molecule has 6 nitrogen and oxygen atoms in total. The molecule has 1 heterocycles. The van der Waals surface area contributed by atoms with Crippen molar-refractivity contribution < 1.29 is 18.7 Å². The first kappa shape index (κ1) is 20.9. The van der Waals surface area contributed by atoms with Gasteiger partial charge in [-0.15, -0.1) is 0 Å². The smallest absolute Gasteiger partial charge is 0.413 e. The minimum atomic E-state index is -0.774. The van der Waals surface area contributed by atoms with Gasteiger partial charge in [-0.1, -0.05) is 11.8 Å². The maximum atomic E-state index is 14.8. The van der Waals surface area contributed by atoms with E-state index in [1.54, 1.807) is 40.0 Å². The van der Waals surface area contributed by atoms with Gasteiger partial charge in [-0.05, 0) is 58.2 Å². The van der Waals surface area contributed by atoms with Crippen LogP contribution in [0.25, 0.3) is 0 Å². The van der Waals surface area contributed by atoms with Crippen LogP contribution in [0.3, 0.4) is 0 Å². The predicted molar refractivity (Wildman–Crippen MR) is 110 cm³/mol. The van der Waals surface area contributed by atoms with E-state index < -0.39 is 17.2 Å². The zero-order valence-electron chi connectivity index (χ0n) is 16.8. The average Bonchev–Trinajstić information content (AvgIpc) is 2.61. The minimum Gasteiger partial charge on any atom is -0.444 e. The largest absolute Gasteiger partial charge is 0.444 e. The zero-order valence-corrected chi connectivity index (χ0v) is 17.6. The summed E-state index contributed by atoms with van der Waals surface area (Å²) >= 11 is 1.45. The highest BCUT2D eigenvalue weighted by Crippen LogP contribution is 2.50. The fourth-order valence-electron chi connectivity index (χ4n) is 3.92. The quantitative estimate of drug-likeness (QED) is 0.720. The molecule has 2 aliphatic rings. The number of carbonyl (C=O) groups excluding carboxylic acids is 1. The number of anilines is 1. The molecule has 1 amide bonds. The normalized spacial score (nSPS) is 27.5. The van der Waals surface area contributed by atoms with Crippen LogP contribution in [0.1, 0.15) is 45.6 Å². The number of alkyl carbamates (subject to hydrolysis) is 1. The molecule has 28 heavy (non-hydrogen) atoms. The molecule has 1 fully saturated rings. The van der Waals surface area contributed by atoms with Gasteiger partial charge < -0.3 is 15.2 Å². The molecule has 3 atom stereocenters. The molecule has 3 rings (SSSR count). The number of hydrogen-bond acceptors (Lipinski definition) is 6. The predicted octanol–water partition coefficient (Wildman–Crippen LogP) is 4.05. The van der Waals surface area contributed by atoms with Crippen molar-refractivity contribution in [2.75, 3.05) is 18.6 Å². The number of halogens is 1. The lowest BCUT2D eigenvalue weighted by Crippen LogP contribution is -2.48. The fraction of sp³-hybridized carbons (Fsp3) is 0.600. The van der Waals surface area contributed by atoms with Crippen LogP contribution < -0.4 is 11.1 Å². The number of carbonyl (C=O) groups is 1. The van der Waals surface area contributed by atoms with E-state index in [9.17, 15) is 9.18 Å². The summed E-state index contributed by atoms with van der Waals surface area (Å²) in [6.45, 7) is 5.40.